The molecule has 11 heteroatoms. The van der Waals surface area contributed by atoms with Crippen molar-refractivity contribution in [3.8, 4) is 11.6 Å². The second-order valence-corrected chi connectivity index (χ2v) is 4.95. The fourth-order valence-corrected chi connectivity index (χ4v) is 2.17. The van der Waals surface area contributed by atoms with Gasteiger partial charge >= 0.3 is 11.9 Å². The van der Waals surface area contributed by atoms with E-state index in [4.69, 9.17) is 4.74 Å². The Balaban J connectivity index is 2.09. The van der Waals surface area contributed by atoms with Crippen LogP contribution in [0.2, 0.25) is 0 Å². The molecule has 0 atom stereocenters. The van der Waals surface area contributed by atoms with E-state index in [-0.39, 0.29) is 17.1 Å². The first-order chi connectivity index (χ1) is 11.9. The Hall–Kier alpha value is -3.24. The molecule has 3 rings (SSSR count). The molecule has 0 radical (unpaired) electrons. The van der Waals surface area contributed by atoms with Crippen molar-refractivity contribution < 1.29 is 17.9 Å². The average Bonchev–Trinajstić information content (AvgIpc) is 2.92. The lowest BCUT2D eigenvalue weighted by atomic mass is 10.1. The second-order valence-electron chi connectivity index (χ2n) is 4.95. The molecule has 0 N–H and O–H groups in total. The van der Waals surface area contributed by atoms with Gasteiger partial charge in [0.1, 0.15) is 6.61 Å². The van der Waals surface area contributed by atoms with Crippen LogP contribution in [0.15, 0.2) is 41.3 Å². The summed E-state index contributed by atoms with van der Waals surface area (Å²) in [5, 5.41) is 14.4. The Morgan fingerprint density at radius 3 is 2.56 bits per heavy atom. The Morgan fingerprint density at radius 1 is 1.16 bits per heavy atom. The minimum atomic E-state index is -4.64. The molecule has 0 unspecified atom stereocenters. The van der Waals surface area contributed by atoms with E-state index in [0.29, 0.717) is 0 Å². The van der Waals surface area contributed by atoms with Crippen LogP contribution in [0.5, 0.6) is 5.88 Å². The minimum Gasteiger partial charge on any atom is -0.472 e. The third-order valence-electron chi connectivity index (χ3n) is 3.32. The molecule has 0 aliphatic heterocycles. The number of halogens is 3. The third-order valence-corrected chi connectivity index (χ3v) is 3.32. The van der Waals surface area contributed by atoms with Crippen molar-refractivity contribution in [2.75, 3.05) is 0 Å². The van der Waals surface area contributed by atoms with Crippen LogP contribution < -0.4 is 10.4 Å². The topological polar surface area (TPSA) is 87.7 Å². The highest BCUT2D eigenvalue weighted by molar-refractivity contribution is 5.46. The molecule has 3 aromatic rings. The summed E-state index contributed by atoms with van der Waals surface area (Å²) in [5.41, 5.74) is -1.95. The van der Waals surface area contributed by atoms with Crippen LogP contribution in [-0.2, 0) is 19.8 Å². The molecule has 0 amide bonds. The van der Waals surface area contributed by atoms with Gasteiger partial charge in [-0.2, -0.15) is 27.6 Å². The smallest absolute Gasteiger partial charge is 0.416 e. The zero-order chi connectivity index (χ0) is 18.0. The number of tetrazole rings is 1. The van der Waals surface area contributed by atoms with Crippen LogP contribution in [0.1, 0.15) is 11.1 Å². The number of alkyl halides is 3. The molecule has 2 aromatic heterocycles. The monoisotopic (exact) mass is 352 g/mol. The molecule has 130 valence electrons. The van der Waals surface area contributed by atoms with E-state index in [0.717, 1.165) is 15.4 Å². The number of rotatable bonds is 4. The van der Waals surface area contributed by atoms with Gasteiger partial charge in [0.05, 0.1) is 11.3 Å². The first kappa shape index (κ1) is 16.6. The third kappa shape index (κ3) is 3.34. The summed E-state index contributed by atoms with van der Waals surface area (Å²) in [6.45, 7) is -0.479. The molecule has 0 spiro atoms. The van der Waals surface area contributed by atoms with Gasteiger partial charge in [0.2, 0.25) is 5.88 Å². The van der Waals surface area contributed by atoms with Gasteiger partial charge in [0.25, 0.3) is 0 Å². The lowest BCUT2D eigenvalue weighted by Gasteiger charge is -2.16. The second kappa shape index (κ2) is 6.34. The van der Waals surface area contributed by atoms with E-state index in [1.165, 1.54) is 37.5 Å². The van der Waals surface area contributed by atoms with Crippen LogP contribution in [0.25, 0.3) is 5.69 Å². The maximum Gasteiger partial charge on any atom is 0.416 e. The van der Waals surface area contributed by atoms with Crippen molar-refractivity contribution >= 4 is 0 Å². The van der Waals surface area contributed by atoms with E-state index in [1.54, 1.807) is 0 Å². The predicted octanol–water partition coefficient (Wildman–Crippen LogP) is 1.35. The number of ether oxygens (including phenoxy) is 1. The number of nitrogens with zero attached hydrogens (tertiary/aromatic N) is 6. The first-order valence-corrected chi connectivity index (χ1v) is 6.97. The van der Waals surface area contributed by atoms with Gasteiger partial charge in [-0.25, -0.2) is 4.79 Å². The molecule has 2 heterocycles. The number of aromatic nitrogens is 6. The fourth-order valence-electron chi connectivity index (χ4n) is 2.17. The van der Waals surface area contributed by atoms with Crippen LogP contribution >= 0.6 is 0 Å². The van der Waals surface area contributed by atoms with Crippen molar-refractivity contribution in [2.24, 2.45) is 7.05 Å². The van der Waals surface area contributed by atoms with Crippen molar-refractivity contribution in [1.82, 2.24) is 30.0 Å². The van der Waals surface area contributed by atoms with E-state index < -0.39 is 24.0 Å². The lowest BCUT2D eigenvalue weighted by Crippen LogP contribution is -2.24. The highest BCUT2D eigenvalue weighted by Crippen LogP contribution is 2.34. The largest absolute Gasteiger partial charge is 0.472 e. The van der Waals surface area contributed by atoms with Gasteiger partial charge in [0.15, 0.2) is 0 Å². The van der Waals surface area contributed by atoms with E-state index >= 15 is 0 Å². The summed E-state index contributed by atoms with van der Waals surface area (Å²) in [6, 6.07) is 6.41. The number of hydrogen-bond donors (Lipinski definition) is 0. The maximum atomic E-state index is 13.4. The zero-order valence-electron chi connectivity index (χ0n) is 12.8. The molecule has 0 bridgehead atoms. The van der Waals surface area contributed by atoms with E-state index in [1.807, 2.05) is 0 Å². The fraction of sp³-hybridized carbons (Fsp3) is 0.214. The SMILES string of the molecule is Cn1nnn(-c2cccc(C(F)(F)F)c2COc2cccnn2)c1=O. The maximum absolute atomic E-state index is 13.4. The Bertz CT molecular complexity index is 936. The molecule has 0 aliphatic carbocycles. The summed E-state index contributed by atoms with van der Waals surface area (Å²) >= 11 is 0. The molecule has 25 heavy (non-hydrogen) atoms. The lowest BCUT2D eigenvalue weighted by molar-refractivity contribution is -0.138. The molecule has 0 saturated heterocycles. The van der Waals surface area contributed by atoms with Gasteiger partial charge in [-0.15, -0.1) is 5.10 Å². The summed E-state index contributed by atoms with van der Waals surface area (Å²) in [6.07, 6.45) is -3.23. The molecule has 1 aromatic carbocycles. The number of aryl methyl sites for hydroxylation is 1. The zero-order valence-corrected chi connectivity index (χ0v) is 12.8. The van der Waals surface area contributed by atoms with Crippen LogP contribution in [0, 0.1) is 0 Å². The summed E-state index contributed by atoms with van der Waals surface area (Å²) in [5.74, 6) is 0.0527. The molecule has 0 fully saturated rings. The standard InChI is InChI=1S/C14H11F3N6O2/c1-22-13(24)23(21-20-22)11-5-2-4-10(14(15,16)17)9(11)8-25-12-6-3-7-18-19-12/h2-7H,8H2,1H3. The van der Waals surface area contributed by atoms with Crippen LogP contribution in [0.3, 0.4) is 0 Å². The van der Waals surface area contributed by atoms with Crippen molar-refractivity contribution in [3.63, 3.8) is 0 Å². The van der Waals surface area contributed by atoms with E-state index in [2.05, 4.69) is 20.6 Å². The van der Waals surface area contributed by atoms with Gasteiger partial charge in [0, 0.05) is 24.9 Å². The van der Waals surface area contributed by atoms with Gasteiger partial charge in [-0.05, 0) is 28.6 Å². The summed E-state index contributed by atoms with van der Waals surface area (Å²) in [4.78, 5) is 12.0. The van der Waals surface area contributed by atoms with Gasteiger partial charge < -0.3 is 4.74 Å². The predicted molar refractivity (Wildman–Crippen MR) is 78.0 cm³/mol. The quantitative estimate of drug-likeness (QED) is 0.704. The van der Waals surface area contributed by atoms with E-state index in [9.17, 15) is 18.0 Å². The highest BCUT2D eigenvalue weighted by atomic mass is 19.4. The van der Waals surface area contributed by atoms with Crippen LogP contribution in [-0.4, -0.2) is 30.0 Å². The van der Waals surface area contributed by atoms with Crippen molar-refractivity contribution in [1.29, 1.82) is 0 Å². The summed E-state index contributed by atoms with van der Waals surface area (Å²) in [7, 11) is 1.34. The molecule has 0 saturated carbocycles. The summed E-state index contributed by atoms with van der Waals surface area (Å²) < 4.78 is 47.1. The highest BCUT2D eigenvalue weighted by Gasteiger charge is 2.35. The first-order valence-electron chi connectivity index (χ1n) is 6.97. The Morgan fingerprint density at radius 2 is 1.96 bits per heavy atom. The molecule has 8 nitrogen and oxygen atoms in total. The van der Waals surface area contributed by atoms with Crippen molar-refractivity contribution in [2.45, 2.75) is 12.8 Å². The number of benzene rings is 1. The normalized spacial score (nSPS) is 11.5. The molecular weight excluding hydrogens is 341 g/mol. The molecule has 0 aliphatic rings. The van der Waals surface area contributed by atoms with Gasteiger partial charge in [-0.1, -0.05) is 6.07 Å². The van der Waals surface area contributed by atoms with Crippen molar-refractivity contribution in [3.05, 3.63) is 58.1 Å². The Kier molecular flexibility index (Phi) is 4.21. The Labute approximate surface area is 138 Å². The number of hydrogen-bond acceptors (Lipinski definition) is 6. The minimum absolute atomic E-state index is 0.0527. The van der Waals surface area contributed by atoms with Crippen LogP contribution in [0.4, 0.5) is 13.2 Å². The average molecular weight is 352 g/mol. The molecular formula is C14H11F3N6O2. The van der Waals surface area contributed by atoms with Gasteiger partial charge in [-0.3, -0.25) is 0 Å².